The Balaban J connectivity index is 1.74. The van der Waals surface area contributed by atoms with E-state index in [0.29, 0.717) is 30.6 Å². The van der Waals surface area contributed by atoms with Crippen molar-refractivity contribution in [2.24, 2.45) is 5.92 Å². The van der Waals surface area contributed by atoms with Crippen LogP contribution in [0.1, 0.15) is 31.0 Å². The molecule has 22 heavy (non-hydrogen) atoms. The summed E-state index contributed by atoms with van der Waals surface area (Å²) in [6.07, 6.45) is 3.45. The number of hydrogen-bond donors (Lipinski definition) is 2. The van der Waals surface area contributed by atoms with E-state index in [1.807, 2.05) is 24.3 Å². The van der Waals surface area contributed by atoms with Gasteiger partial charge in [-0.25, -0.2) is 0 Å². The fourth-order valence-corrected chi connectivity index (χ4v) is 2.65. The Labute approximate surface area is 130 Å². The highest BCUT2D eigenvalue weighted by molar-refractivity contribution is 5.44. The second-order valence-corrected chi connectivity index (χ2v) is 6.04. The van der Waals surface area contributed by atoms with Crippen molar-refractivity contribution in [2.75, 3.05) is 11.9 Å². The van der Waals surface area contributed by atoms with E-state index in [-0.39, 0.29) is 6.04 Å². The molecule has 0 radical (unpaired) electrons. The van der Waals surface area contributed by atoms with Crippen LogP contribution >= 0.6 is 0 Å². The molecule has 1 aromatic heterocycles. The molecule has 5 nitrogen and oxygen atoms in total. The molecule has 0 aliphatic heterocycles. The second-order valence-electron chi connectivity index (χ2n) is 6.04. The van der Waals surface area contributed by atoms with Crippen LogP contribution in [-0.2, 0) is 6.42 Å². The van der Waals surface area contributed by atoms with Crippen molar-refractivity contribution in [1.29, 1.82) is 0 Å². The van der Waals surface area contributed by atoms with E-state index in [4.69, 9.17) is 4.74 Å². The third-order valence-electron chi connectivity index (χ3n) is 3.68. The molecular weight excluding hydrogens is 278 g/mol. The van der Waals surface area contributed by atoms with E-state index < -0.39 is 6.10 Å². The van der Waals surface area contributed by atoms with E-state index in [0.717, 1.165) is 5.56 Å². The van der Waals surface area contributed by atoms with Gasteiger partial charge < -0.3 is 15.2 Å². The van der Waals surface area contributed by atoms with Crippen LogP contribution in [-0.4, -0.2) is 27.8 Å². The molecule has 0 saturated carbocycles. The van der Waals surface area contributed by atoms with Gasteiger partial charge in [0.25, 0.3) is 0 Å². The molecule has 1 aliphatic rings. The van der Waals surface area contributed by atoms with Gasteiger partial charge in [-0.15, -0.1) is 0 Å². The highest BCUT2D eigenvalue weighted by atomic mass is 16.5. The van der Waals surface area contributed by atoms with Crippen molar-refractivity contribution >= 4 is 5.82 Å². The number of aliphatic hydroxyl groups is 1. The maximum Gasteiger partial charge on any atom is 0.234 e. The van der Waals surface area contributed by atoms with Gasteiger partial charge in [-0.05, 0) is 17.0 Å². The Bertz CT molecular complexity index is 645. The molecule has 0 amide bonds. The average Bonchev–Trinajstić information content (AvgIpc) is 2.82. The zero-order valence-electron chi connectivity index (χ0n) is 12.9. The number of rotatable bonds is 5. The lowest BCUT2D eigenvalue weighted by atomic mass is 10.1. The number of aromatic nitrogens is 2. The number of benzene rings is 1. The summed E-state index contributed by atoms with van der Waals surface area (Å²) in [6, 6.07) is 7.91. The number of nitrogens with zero attached hydrogens (tertiary/aromatic N) is 2. The number of nitrogens with one attached hydrogen (secondary N) is 1. The number of ether oxygens (including phenoxy) is 1. The van der Waals surface area contributed by atoms with Crippen LogP contribution in [0.25, 0.3) is 0 Å². The van der Waals surface area contributed by atoms with Crippen LogP contribution in [0.15, 0.2) is 36.7 Å². The predicted octanol–water partition coefficient (Wildman–Crippen LogP) is 2.58. The molecule has 116 valence electrons. The minimum Gasteiger partial charge on any atom is -0.476 e. The summed E-state index contributed by atoms with van der Waals surface area (Å²) < 4.78 is 5.59. The zero-order chi connectivity index (χ0) is 15.5. The van der Waals surface area contributed by atoms with Crippen LogP contribution in [0, 0.1) is 5.92 Å². The Morgan fingerprint density at radius 2 is 2.14 bits per heavy atom. The van der Waals surface area contributed by atoms with E-state index in [2.05, 4.69) is 29.1 Å². The molecule has 1 aromatic carbocycles. The Morgan fingerprint density at radius 1 is 1.32 bits per heavy atom. The smallest absolute Gasteiger partial charge is 0.234 e. The molecule has 0 fully saturated rings. The zero-order valence-corrected chi connectivity index (χ0v) is 12.9. The highest BCUT2D eigenvalue weighted by Crippen LogP contribution is 2.33. The maximum absolute atomic E-state index is 10.3. The van der Waals surface area contributed by atoms with Crippen LogP contribution in [0.4, 0.5) is 5.82 Å². The Hall–Kier alpha value is -2.14. The van der Waals surface area contributed by atoms with Crippen molar-refractivity contribution in [3.63, 3.8) is 0 Å². The molecule has 0 spiro atoms. The van der Waals surface area contributed by atoms with E-state index >= 15 is 0 Å². The van der Waals surface area contributed by atoms with Crippen LogP contribution in [0.3, 0.4) is 0 Å². The van der Waals surface area contributed by atoms with Crippen molar-refractivity contribution < 1.29 is 9.84 Å². The van der Waals surface area contributed by atoms with Gasteiger partial charge in [0.2, 0.25) is 5.88 Å². The van der Waals surface area contributed by atoms with Gasteiger partial charge in [0, 0.05) is 6.42 Å². The molecule has 0 saturated heterocycles. The Morgan fingerprint density at radius 3 is 2.95 bits per heavy atom. The molecule has 2 N–H and O–H groups in total. The molecule has 5 heteroatoms. The summed E-state index contributed by atoms with van der Waals surface area (Å²) in [7, 11) is 0. The maximum atomic E-state index is 10.3. The van der Waals surface area contributed by atoms with E-state index in [9.17, 15) is 5.11 Å². The minimum atomic E-state index is -0.459. The van der Waals surface area contributed by atoms with Crippen LogP contribution < -0.4 is 10.1 Å². The number of anilines is 1. The third-order valence-corrected chi connectivity index (χ3v) is 3.68. The first-order valence-electron chi connectivity index (χ1n) is 7.60. The summed E-state index contributed by atoms with van der Waals surface area (Å²) in [5.41, 5.74) is 2.29. The SMILES string of the molecule is CC(C)COc1cncc(N[C@H]2c3ccccc3C[C@H]2O)n1. The predicted molar refractivity (Wildman–Crippen MR) is 84.9 cm³/mol. The highest BCUT2D eigenvalue weighted by Gasteiger charge is 2.30. The van der Waals surface area contributed by atoms with Gasteiger partial charge in [0.15, 0.2) is 0 Å². The fourth-order valence-electron chi connectivity index (χ4n) is 2.65. The molecule has 0 unspecified atom stereocenters. The van der Waals surface area contributed by atoms with E-state index in [1.165, 1.54) is 5.56 Å². The molecule has 0 bridgehead atoms. The summed E-state index contributed by atoms with van der Waals surface area (Å²) in [5.74, 6) is 1.54. The lowest BCUT2D eigenvalue weighted by molar-refractivity contribution is 0.165. The lowest BCUT2D eigenvalue weighted by Gasteiger charge is -2.18. The van der Waals surface area contributed by atoms with Gasteiger partial charge in [-0.2, -0.15) is 4.98 Å². The topological polar surface area (TPSA) is 67.3 Å². The molecule has 2 atom stereocenters. The summed E-state index contributed by atoms with van der Waals surface area (Å²) in [4.78, 5) is 8.56. The molecule has 1 heterocycles. The first kappa shape index (κ1) is 14.8. The third kappa shape index (κ3) is 3.20. The minimum absolute atomic E-state index is 0.161. The van der Waals surface area contributed by atoms with Crippen molar-refractivity contribution in [3.8, 4) is 5.88 Å². The summed E-state index contributed by atoms with van der Waals surface area (Å²) in [5, 5.41) is 13.5. The fraction of sp³-hybridized carbons (Fsp3) is 0.412. The molecule has 1 aliphatic carbocycles. The number of hydrogen-bond acceptors (Lipinski definition) is 5. The van der Waals surface area contributed by atoms with E-state index in [1.54, 1.807) is 12.4 Å². The quantitative estimate of drug-likeness (QED) is 0.888. The van der Waals surface area contributed by atoms with Gasteiger partial charge in [-0.1, -0.05) is 38.1 Å². The summed E-state index contributed by atoms with van der Waals surface area (Å²) in [6.45, 7) is 4.77. The van der Waals surface area contributed by atoms with Crippen molar-refractivity contribution in [3.05, 3.63) is 47.8 Å². The van der Waals surface area contributed by atoms with Crippen LogP contribution in [0.5, 0.6) is 5.88 Å². The molecule has 2 aromatic rings. The first-order valence-corrected chi connectivity index (χ1v) is 7.60. The normalized spacial score (nSPS) is 20.0. The monoisotopic (exact) mass is 299 g/mol. The van der Waals surface area contributed by atoms with Gasteiger partial charge >= 0.3 is 0 Å². The lowest BCUT2D eigenvalue weighted by Crippen LogP contribution is -2.21. The van der Waals surface area contributed by atoms with Crippen molar-refractivity contribution in [2.45, 2.75) is 32.4 Å². The average molecular weight is 299 g/mol. The molecular formula is C17H21N3O2. The molecule has 3 rings (SSSR count). The van der Waals surface area contributed by atoms with Gasteiger partial charge in [-0.3, -0.25) is 4.98 Å². The van der Waals surface area contributed by atoms with Gasteiger partial charge in [0.05, 0.1) is 31.1 Å². The first-order chi connectivity index (χ1) is 10.6. The van der Waals surface area contributed by atoms with Crippen LogP contribution in [0.2, 0.25) is 0 Å². The number of aliphatic hydroxyl groups excluding tert-OH is 1. The largest absolute Gasteiger partial charge is 0.476 e. The number of fused-ring (bicyclic) bond motifs is 1. The standard InChI is InChI=1S/C17H21N3O2/c1-11(2)10-22-16-9-18-8-15(19-16)20-17-13-6-4-3-5-12(13)7-14(17)21/h3-6,8-9,11,14,17,21H,7,10H2,1-2H3,(H,19,20)/t14-,17+/m1/s1. The van der Waals surface area contributed by atoms with Gasteiger partial charge in [0.1, 0.15) is 5.82 Å². The summed E-state index contributed by atoms with van der Waals surface area (Å²) >= 11 is 0. The second kappa shape index (κ2) is 6.32. The Kier molecular flexibility index (Phi) is 4.24. The van der Waals surface area contributed by atoms with Crippen molar-refractivity contribution in [1.82, 2.24) is 9.97 Å².